The number of hydrogen-bond acceptors (Lipinski definition) is 3. The second-order valence-electron chi connectivity index (χ2n) is 5.46. The van der Waals surface area contributed by atoms with Gasteiger partial charge in [0, 0.05) is 23.5 Å². The first kappa shape index (κ1) is 14.3. The largest absolute Gasteiger partial charge is 0.352 e. The Morgan fingerprint density at radius 2 is 1.95 bits per heavy atom. The Hall–Kier alpha value is -2.63. The summed E-state index contributed by atoms with van der Waals surface area (Å²) in [4.78, 5) is 23.5. The Bertz CT molecular complexity index is 686. The number of nitrogens with one attached hydrogen (secondary N) is 2. The number of benzene rings is 1. The fourth-order valence-corrected chi connectivity index (χ4v) is 2.16. The highest BCUT2D eigenvalue weighted by atomic mass is 16.2. The first-order valence-electron chi connectivity index (χ1n) is 7.32. The van der Waals surface area contributed by atoms with Crippen LogP contribution in [0.3, 0.4) is 0 Å². The topological polar surface area (TPSA) is 76.0 Å². The Morgan fingerprint density at radius 1 is 1.23 bits per heavy atom. The number of aryl methyl sites for hydroxylation is 1. The molecule has 0 bridgehead atoms. The zero-order chi connectivity index (χ0) is 15.5. The van der Waals surface area contributed by atoms with E-state index in [-0.39, 0.29) is 18.4 Å². The fourth-order valence-electron chi connectivity index (χ4n) is 2.16. The minimum atomic E-state index is -0.255. The van der Waals surface area contributed by atoms with Crippen LogP contribution < -0.4 is 10.6 Å². The van der Waals surface area contributed by atoms with Gasteiger partial charge in [-0.05, 0) is 50.1 Å². The molecule has 0 saturated heterocycles. The number of hydrogen-bond donors (Lipinski definition) is 2. The predicted molar refractivity (Wildman–Crippen MR) is 81.8 cm³/mol. The predicted octanol–water partition coefficient (Wildman–Crippen LogP) is 1.19. The third kappa shape index (κ3) is 3.33. The van der Waals surface area contributed by atoms with E-state index in [0.29, 0.717) is 11.6 Å². The fraction of sp³-hybridized carbons (Fsp3) is 0.312. The molecule has 1 saturated carbocycles. The summed E-state index contributed by atoms with van der Waals surface area (Å²) in [6, 6.07) is 9.34. The molecule has 0 atom stereocenters. The second kappa shape index (κ2) is 6.01. The first-order valence-corrected chi connectivity index (χ1v) is 7.32. The molecule has 1 aromatic carbocycles. The molecule has 0 radical (unpaired) electrons. The molecule has 0 aliphatic heterocycles. The van der Waals surface area contributed by atoms with Gasteiger partial charge in [-0.1, -0.05) is 0 Å². The van der Waals surface area contributed by atoms with Crippen LogP contribution in [-0.2, 0) is 4.79 Å². The van der Waals surface area contributed by atoms with E-state index in [1.54, 1.807) is 23.0 Å². The van der Waals surface area contributed by atoms with E-state index >= 15 is 0 Å². The zero-order valence-corrected chi connectivity index (χ0v) is 12.4. The normalized spacial score (nSPS) is 13.7. The van der Waals surface area contributed by atoms with E-state index in [1.807, 2.05) is 25.1 Å². The number of carbonyl (C=O) groups excluding carboxylic acids is 2. The van der Waals surface area contributed by atoms with Gasteiger partial charge in [-0.2, -0.15) is 5.10 Å². The summed E-state index contributed by atoms with van der Waals surface area (Å²) in [5, 5.41) is 9.67. The molecule has 1 heterocycles. The van der Waals surface area contributed by atoms with Crippen LogP contribution in [-0.4, -0.2) is 34.2 Å². The van der Waals surface area contributed by atoms with Crippen molar-refractivity contribution in [2.75, 3.05) is 6.54 Å². The quantitative estimate of drug-likeness (QED) is 0.870. The molecule has 0 unspecified atom stereocenters. The van der Waals surface area contributed by atoms with Gasteiger partial charge in [-0.3, -0.25) is 9.59 Å². The van der Waals surface area contributed by atoms with Crippen molar-refractivity contribution in [1.29, 1.82) is 0 Å². The van der Waals surface area contributed by atoms with Gasteiger partial charge in [-0.15, -0.1) is 0 Å². The molecule has 3 rings (SSSR count). The van der Waals surface area contributed by atoms with Crippen molar-refractivity contribution < 1.29 is 9.59 Å². The molecule has 6 nitrogen and oxygen atoms in total. The van der Waals surface area contributed by atoms with Crippen LogP contribution in [0.1, 0.15) is 28.9 Å². The maximum atomic E-state index is 12.0. The molecule has 114 valence electrons. The van der Waals surface area contributed by atoms with Gasteiger partial charge in [0.15, 0.2) is 0 Å². The summed E-state index contributed by atoms with van der Waals surface area (Å²) in [6.45, 7) is 1.97. The van der Waals surface area contributed by atoms with Crippen LogP contribution in [0.4, 0.5) is 0 Å². The van der Waals surface area contributed by atoms with Crippen molar-refractivity contribution in [3.63, 3.8) is 0 Å². The highest BCUT2D eigenvalue weighted by molar-refractivity contribution is 5.96. The number of aromatic nitrogens is 2. The first-order chi connectivity index (χ1) is 10.6. The van der Waals surface area contributed by atoms with Crippen molar-refractivity contribution in [3.8, 4) is 5.69 Å². The van der Waals surface area contributed by atoms with Gasteiger partial charge < -0.3 is 10.6 Å². The van der Waals surface area contributed by atoms with Crippen LogP contribution in [0.5, 0.6) is 0 Å². The van der Waals surface area contributed by atoms with E-state index in [4.69, 9.17) is 0 Å². The van der Waals surface area contributed by atoms with E-state index in [2.05, 4.69) is 15.7 Å². The molecule has 22 heavy (non-hydrogen) atoms. The average molecular weight is 298 g/mol. The van der Waals surface area contributed by atoms with Crippen molar-refractivity contribution in [2.45, 2.75) is 25.8 Å². The summed E-state index contributed by atoms with van der Waals surface area (Å²) >= 11 is 0. The lowest BCUT2D eigenvalue weighted by atomic mass is 10.2. The molecular weight excluding hydrogens is 280 g/mol. The van der Waals surface area contributed by atoms with Crippen LogP contribution in [0.15, 0.2) is 36.5 Å². The van der Waals surface area contributed by atoms with Crippen LogP contribution in [0.2, 0.25) is 0 Å². The van der Waals surface area contributed by atoms with Gasteiger partial charge in [0.2, 0.25) is 5.91 Å². The van der Waals surface area contributed by atoms with Crippen molar-refractivity contribution in [1.82, 2.24) is 20.4 Å². The molecule has 1 aromatic heterocycles. The number of nitrogens with zero attached hydrogens (tertiary/aromatic N) is 2. The molecule has 6 heteroatoms. The van der Waals surface area contributed by atoms with Gasteiger partial charge >= 0.3 is 0 Å². The number of carbonyl (C=O) groups is 2. The van der Waals surface area contributed by atoms with Gasteiger partial charge in [0.25, 0.3) is 5.91 Å². The Kier molecular flexibility index (Phi) is 3.91. The highest BCUT2D eigenvalue weighted by Crippen LogP contribution is 2.18. The van der Waals surface area contributed by atoms with Crippen molar-refractivity contribution >= 4 is 11.8 Å². The Balaban J connectivity index is 1.58. The summed E-state index contributed by atoms with van der Waals surface area (Å²) in [6.07, 6.45) is 3.80. The third-order valence-corrected chi connectivity index (χ3v) is 3.56. The zero-order valence-electron chi connectivity index (χ0n) is 12.4. The van der Waals surface area contributed by atoms with Gasteiger partial charge in [0.05, 0.1) is 12.2 Å². The van der Waals surface area contributed by atoms with Crippen molar-refractivity contribution in [2.24, 2.45) is 0 Å². The molecule has 1 fully saturated rings. The highest BCUT2D eigenvalue weighted by Gasteiger charge is 2.23. The summed E-state index contributed by atoms with van der Waals surface area (Å²) in [5.74, 6) is -0.394. The second-order valence-corrected chi connectivity index (χ2v) is 5.46. The molecule has 1 aliphatic rings. The molecular formula is C16H18N4O2. The van der Waals surface area contributed by atoms with Gasteiger partial charge in [-0.25, -0.2) is 4.68 Å². The smallest absolute Gasteiger partial charge is 0.251 e. The molecule has 2 amide bonds. The molecule has 2 N–H and O–H groups in total. The lowest BCUT2D eigenvalue weighted by Gasteiger charge is -2.08. The van der Waals surface area contributed by atoms with Gasteiger partial charge in [0.1, 0.15) is 0 Å². The van der Waals surface area contributed by atoms with Crippen LogP contribution in [0.25, 0.3) is 5.69 Å². The van der Waals surface area contributed by atoms with Crippen LogP contribution in [0, 0.1) is 6.92 Å². The maximum Gasteiger partial charge on any atom is 0.251 e. The molecule has 2 aromatic rings. The van der Waals surface area contributed by atoms with Crippen molar-refractivity contribution in [3.05, 3.63) is 47.8 Å². The minimum absolute atomic E-state index is 0.00927. The van der Waals surface area contributed by atoms with Crippen LogP contribution >= 0.6 is 0 Å². The van der Waals surface area contributed by atoms with E-state index in [9.17, 15) is 9.59 Å². The molecule has 1 aliphatic carbocycles. The lowest BCUT2D eigenvalue weighted by Crippen LogP contribution is -2.37. The standard InChI is InChI=1S/C16H18N4O2/c1-11-8-9-18-20(11)14-6-2-12(3-7-14)16(22)17-10-15(21)19-13-4-5-13/h2-3,6-9,13H,4-5,10H2,1H3,(H,17,22)(H,19,21). The third-order valence-electron chi connectivity index (χ3n) is 3.56. The Morgan fingerprint density at radius 3 is 2.55 bits per heavy atom. The molecule has 0 spiro atoms. The lowest BCUT2D eigenvalue weighted by molar-refractivity contribution is -0.120. The minimum Gasteiger partial charge on any atom is -0.352 e. The summed E-state index contributed by atoms with van der Waals surface area (Å²) in [5.41, 5.74) is 2.44. The number of amides is 2. The Labute approximate surface area is 128 Å². The monoisotopic (exact) mass is 298 g/mol. The summed E-state index contributed by atoms with van der Waals surface area (Å²) in [7, 11) is 0. The van der Waals surface area contributed by atoms with E-state index in [0.717, 1.165) is 24.2 Å². The SMILES string of the molecule is Cc1ccnn1-c1ccc(C(=O)NCC(=O)NC2CC2)cc1. The van der Waals surface area contributed by atoms with E-state index in [1.165, 1.54) is 0 Å². The maximum absolute atomic E-state index is 12.0. The number of rotatable bonds is 5. The van der Waals surface area contributed by atoms with E-state index < -0.39 is 0 Å². The average Bonchev–Trinajstić information content (AvgIpc) is 3.23. The summed E-state index contributed by atoms with van der Waals surface area (Å²) < 4.78 is 1.80.